The van der Waals surface area contributed by atoms with Gasteiger partial charge in [0.2, 0.25) is 11.8 Å². The van der Waals surface area contributed by atoms with Crippen molar-refractivity contribution in [2.24, 2.45) is 4.99 Å². The van der Waals surface area contributed by atoms with Crippen LogP contribution in [0.2, 0.25) is 0 Å². The molecule has 3 N–H and O–H groups in total. The Bertz CT molecular complexity index is 2550. The number of cyclic esters (lactones) is 1. The van der Waals surface area contributed by atoms with Crippen LogP contribution in [0.3, 0.4) is 0 Å². The minimum absolute atomic E-state index is 0.108. The number of esters is 1. The highest BCUT2D eigenvalue weighted by Crippen LogP contribution is 2.38. The van der Waals surface area contributed by atoms with Crippen LogP contribution in [-0.4, -0.2) is 175 Å². The summed E-state index contributed by atoms with van der Waals surface area (Å²) < 4.78 is 16.6. The number of anilines is 2. The molecule has 2 amide bonds. The molecule has 0 unspecified atom stereocenters. The van der Waals surface area contributed by atoms with Crippen LogP contribution in [0.5, 0.6) is 0 Å². The number of carbonyl (C=O) groups excluding carboxylic acids is 3. The van der Waals surface area contributed by atoms with Crippen LogP contribution in [-0.2, 0) is 23.8 Å². The van der Waals surface area contributed by atoms with Gasteiger partial charge in [0, 0.05) is 97.5 Å². The summed E-state index contributed by atoms with van der Waals surface area (Å²) in [4.78, 5) is 64.0. The Kier molecular flexibility index (Phi) is 18.8. The number of aromatic nitrogens is 2. The number of nitrogens with one attached hydrogen (secondary N) is 2. The standard InChI is InChI=1S/C31H45N5O4S2.C26H32N4O3S/c1-41-20-11-25(21-37)32-29(39)31(12-3-2-4-13-31)34-28(38)24-7-5-23(6-8-24)27-22-42-30(33-27)36-14-9-26(10-15-36)35-16-18-40-19-17-35;31-24-26(10-2-1-3-11-26)28-23(33-24)20-6-4-19(5-7-20)22-18-34-25(27-22)30-12-8-21(9-13-30)29-14-16-32-17-15-29/h5-8,22,25-26,37H,2-4,9-21H2,1H3,(H,32,39)(H,34,38);4-7,18,21H,1-3,8-17H2/t25-;/m0./s1. The number of amides is 2. The lowest BCUT2D eigenvalue weighted by atomic mass is 9.80. The van der Waals surface area contributed by atoms with Crippen LogP contribution >= 0.6 is 34.4 Å². The number of aliphatic hydroxyl groups excluding tert-OH is 1. The van der Waals surface area contributed by atoms with Crippen molar-refractivity contribution < 1.29 is 33.7 Å². The lowest BCUT2D eigenvalue weighted by molar-refractivity contribution is -0.140. The highest BCUT2D eigenvalue weighted by molar-refractivity contribution is 7.98. The van der Waals surface area contributed by atoms with E-state index in [1.165, 1.54) is 19.3 Å². The molecule has 410 valence electrons. The third-order valence-corrected chi connectivity index (χ3v) is 19.2. The van der Waals surface area contributed by atoms with Crippen molar-refractivity contribution in [1.82, 2.24) is 30.4 Å². The van der Waals surface area contributed by atoms with E-state index in [1.807, 2.05) is 42.7 Å². The van der Waals surface area contributed by atoms with Crippen LogP contribution < -0.4 is 20.4 Å². The van der Waals surface area contributed by atoms with E-state index in [2.05, 4.69) is 53.1 Å². The summed E-state index contributed by atoms with van der Waals surface area (Å²) in [6.07, 6.45) is 16.3. The van der Waals surface area contributed by atoms with Gasteiger partial charge in [0.1, 0.15) is 5.54 Å². The predicted molar refractivity (Wildman–Crippen MR) is 304 cm³/mol. The lowest BCUT2D eigenvalue weighted by Crippen LogP contribution is -2.61. The van der Waals surface area contributed by atoms with Gasteiger partial charge in [-0.1, -0.05) is 62.8 Å². The molecule has 6 fully saturated rings. The van der Waals surface area contributed by atoms with Gasteiger partial charge >= 0.3 is 5.97 Å². The maximum Gasteiger partial charge on any atom is 0.340 e. The Labute approximate surface area is 460 Å². The fourth-order valence-corrected chi connectivity index (χ4v) is 14.4. The molecule has 2 saturated carbocycles. The zero-order chi connectivity index (χ0) is 52.3. The number of hydrogen-bond donors (Lipinski definition) is 3. The summed E-state index contributed by atoms with van der Waals surface area (Å²) in [7, 11) is 0. The normalized spacial score (nSPS) is 22.1. The van der Waals surface area contributed by atoms with E-state index < -0.39 is 11.1 Å². The summed E-state index contributed by atoms with van der Waals surface area (Å²) in [5.41, 5.74) is 3.77. The molecular formula is C57H77N9O7S3. The molecule has 7 aliphatic rings. The van der Waals surface area contributed by atoms with Gasteiger partial charge < -0.3 is 39.8 Å². The quantitative estimate of drug-likeness (QED) is 0.0981. The summed E-state index contributed by atoms with van der Waals surface area (Å²) >= 11 is 5.08. The molecule has 16 nitrogen and oxygen atoms in total. The second kappa shape index (κ2) is 26.0. The molecule has 11 rings (SSSR count). The number of aliphatic imine (C=N–C) groups is 1. The molecule has 5 aliphatic heterocycles. The summed E-state index contributed by atoms with van der Waals surface area (Å²) in [5.74, 6) is 0.723. The fourth-order valence-electron chi connectivity index (χ4n) is 12.1. The first-order valence-electron chi connectivity index (χ1n) is 28.0. The smallest absolute Gasteiger partial charge is 0.340 e. The summed E-state index contributed by atoms with van der Waals surface area (Å²) in [5, 5.41) is 22.3. The van der Waals surface area contributed by atoms with Crippen molar-refractivity contribution >= 4 is 68.4 Å². The highest BCUT2D eigenvalue weighted by Gasteiger charge is 2.47. The van der Waals surface area contributed by atoms with Gasteiger partial charge in [-0.25, -0.2) is 19.8 Å². The Morgan fingerprint density at radius 2 is 1.18 bits per heavy atom. The predicted octanol–water partition coefficient (Wildman–Crippen LogP) is 7.89. The average Bonchev–Trinajstić information content (AvgIpc) is 4.27. The SMILES string of the molecule is CSCC[C@@H](CO)NC(=O)C1(NC(=O)c2ccc(-c3csc(N4CCC(N5CCOCC5)CC4)n3)cc2)CCCCC1.O=C1OC(c2ccc(-c3csc(N4CCC(N5CCOCC5)CC4)n3)cc2)=NC12CCCCC2. The molecule has 7 heterocycles. The third-order valence-electron chi connectivity index (χ3n) is 16.7. The highest BCUT2D eigenvalue weighted by atomic mass is 32.2. The van der Waals surface area contributed by atoms with E-state index in [0.717, 1.165) is 181 Å². The van der Waals surface area contributed by atoms with E-state index in [4.69, 9.17) is 29.2 Å². The Morgan fingerprint density at radius 3 is 1.68 bits per heavy atom. The van der Waals surface area contributed by atoms with Crippen LogP contribution in [0.4, 0.5) is 10.3 Å². The number of aliphatic hydroxyl groups is 1. The monoisotopic (exact) mass is 1100 g/mol. The number of piperidine rings is 2. The third kappa shape index (κ3) is 13.2. The minimum atomic E-state index is -0.945. The van der Waals surface area contributed by atoms with Crippen molar-refractivity contribution in [3.05, 3.63) is 70.4 Å². The van der Waals surface area contributed by atoms with Crippen LogP contribution in [0.1, 0.15) is 112 Å². The van der Waals surface area contributed by atoms with E-state index in [9.17, 15) is 19.5 Å². The molecule has 1 atom stereocenters. The molecule has 19 heteroatoms. The molecule has 76 heavy (non-hydrogen) atoms. The number of benzene rings is 2. The summed E-state index contributed by atoms with van der Waals surface area (Å²) in [6.45, 7) is 11.7. The van der Waals surface area contributed by atoms with Crippen molar-refractivity contribution in [3.8, 4) is 22.5 Å². The first kappa shape index (κ1) is 54.9. The number of thioether (sulfide) groups is 1. The number of rotatable bonds is 15. The average molecular weight is 1100 g/mol. The van der Waals surface area contributed by atoms with Crippen LogP contribution in [0.25, 0.3) is 22.5 Å². The maximum absolute atomic E-state index is 13.4. The molecular weight excluding hydrogens is 1020 g/mol. The zero-order valence-corrected chi connectivity index (χ0v) is 46.7. The molecule has 2 aromatic heterocycles. The number of nitrogens with zero attached hydrogens (tertiary/aromatic N) is 7. The first-order chi connectivity index (χ1) is 37.2. The topological polar surface area (TPSA) is 174 Å². The van der Waals surface area contributed by atoms with Gasteiger partial charge in [-0.3, -0.25) is 19.4 Å². The lowest BCUT2D eigenvalue weighted by Gasteiger charge is -2.40. The molecule has 2 aliphatic carbocycles. The fraction of sp³-hybridized carbons (Fsp3) is 0.614. The molecule has 4 aromatic rings. The zero-order valence-electron chi connectivity index (χ0n) is 44.3. The molecule has 4 saturated heterocycles. The van der Waals surface area contributed by atoms with Gasteiger partial charge in [0.15, 0.2) is 15.8 Å². The van der Waals surface area contributed by atoms with Crippen molar-refractivity contribution in [3.63, 3.8) is 0 Å². The molecule has 0 bridgehead atoms. The van der Waals surface area contributed by atoms with E-state index in [0.29, 0.717) is 42.8 Å². The van der Waals surface area contributed by atoms with E-state index in [-0.39, 0.29) is 30.4 Å². The first-order valence-corrected chi connectivity index (χ1v) is 31.2. The second-order valence-electron chi connectivity index (χ2n) is 21.5. The van der Waals surface area contributed by atoms with Gasteiger partial charge in [-0.15, -0.1) is 22.7 Å². The number of thiazole rings is 2. The summed E-state index contributed by atoms with van der Waals surface area (Å²) in [6, 6.07) is 16.6. The van der Waals surface area contributed by atoms with Crippen LogP contribution in [0.15, 0.2) is 64.3 Å². The molecule has 0 radical (unpaired) electrons. The molecule has 2 aromatic carbocycles. The van der Waals surface area contributed by atoms with Gasteiger partial charge in [0.05, 0.1) is 50.5 Å². The largest absolute Gasteiger partial charge is 0.405 e. The number of hydrogen-bond acceptors (Lipinski definition) is 17. The van der Waals surface area contributed by atoms with E-state index in [1.54, 1.807) is 34.4 Å². The van der Waals surface area contributed by atoms with Gasteiger partial charge in [-0.05, 0) is 94.1 Å². The van der Waals surface area contributed by atoms with Gasteiger partial charge in [0.25, 0.3) is 5.91 Å². The number of carbonyl (C=O) groups is 3. The minimum Gasteiger partial charge on any atom is -0.405 e. The Hall–Kier alpha value is -4.47. The van der Waals surface area contributed by atoms with Crippen molar-refractivity contribution in [1.29, 1.82) is 0 Å². The van der Waals surface area contributed by atoms with Crippen molar-refractivity contribution in [2.75, 3.05) is 107 Å². The molecule has 1 spiro atoms. The van der Waals surface area contributed by atoms with Crippen molar-refractivity contribution in [2.45, 2.75) is 126 Å². The van der Waals surface area contributed by atoms with E-state index >= 15 is 0 Å². The Balaban J connectivity index is 0.000000176. The number of morpholine rings is 2. The maximum atomic E-state index is 13.4. The van der Waals surface area contributed by atoms with Gasteiger partial charge in [-0.2, -0.15) is 11.8 Å². The number of ether oxygens (including phenoxy) is 3. The Morgan fingerprint density at radius 1 is 0.697 bits per heavy atom. The second-order valence-corrected chi connectivity index (χ2v) is 24.2. The van der Waals surface area contributed by atoms with Crippen LogP contribution in [0, 0.1) is 0 Å².